The zero-order valence-corrected chi connectivity index (χ0v) is 18.6. The van der Waals surface area contributed by atoms with Gasteiger partial charge in [-0.15, -0.1) is 5.10 Å². The molecule has 32 heavy (non-hydrogen) atoms. The van der Waals surface area contributed by atoms with Crippen molar-refractivity contribution in [3.05, 3.63) is 65.7 Å². The zero-order chi connectivity index (χ0) is 22.3. The van der Waals surface area contributed by atoms with E-state index in [9.17, 15) is 9.59 Å². The highest BCUT2D eigenvalue weighted by atomic mass is 32.2. The van der Waals surface area contributed by atoms with Crippen LogP contribution in [0.5, 0.6) is 0 Å². The van der Waals surface area contributed by atoms with Crippen molar-refractivity contribution in [3.8, 4) is 0 Å². The first-order chi connectivity index (χ1) is 15.6. The Balaban J connectivity index is 1.22. The van der Waals surface area contributed by atoms with Crippen LogP contribution in [-0.2, 0) is 18.4 Å². The quantitative estimate of drug-likeness (QED) is 0.504. The van der Waals surface area contributed by atoms with Crippen LogP contribution >= 0.6 is 11.8 Å². The molecule has 1 fully saturated rings. The Morgan fingerprint density at radius 3 is 2.62 bits per heavy atom. The number of benzene rings is 2. The number of anilines is 1. The van der Waals surface area contributed by atoms with Crippen molar-refractivity contribution in [2.45, 2.75) is 24.2 Å². The van der Waals surface area contributed by atoms with Crippen LogP contribution in [0.3, 0.4) is 0 Å². The average molecular weight is 452 g/mol. The van der Waals surface area contributed by atoms with Gasteiger partial charge in [0.15, 0.2) is 0 Å². The zero-order valence-electron chi connectivity index (χ0n) is 17.8. The van der Waals surface area contributed by atoms with E-state index in [1.165, 1.54) is 22.0 Å². The van der Waals surface area contributed by atoms with Gasteiger partial charge in [-0.05, 0) is 46.7 Å². The number of rotatable bonds is 8. The molecule has 1 aliphatic heterocycles. The predicted octanol–water partition coefficient (Wildman–Crippen LogP) is 1.95. The SMILES string of the molecule is Cn1nnnc1SCC(=O)Nc1ccc(C(=O)N[C@H]2CCN(Cc3ccccc3)C2)cc1. The van der Waals surface area contributed by atoms with Gasteiger partial charge in [0.25, 0.3) is 5.91 Å². The van der Waals surface area contributed by atoms with Crippen LogP contribution in [0.2, 0.25) is 0 Å². The van der Waals surface area contributed by atoms with Gasteiger partial charge in [0.2, 0.25) is 11.1 Å². The number of tetrazole rings is 1. The Bertz CT molecular complexity index is 1060. The average Bonchev–Trinajstić information content (AvgIpc) is 3.41. The van der Waals surface area contributed by atoms with Gasteiger partial charge in [0.05, 0.1) is 5.75 Å². The summed E-state index contributed by atoms with van der Waals surface area (Å²) in [5, 5.41) is 17.6. The second kappa shape index (κ2) is 10.4. The third-order valence-electron chi connectivity index (χ3n) is 5.20. The van der Waals surface area contributed by atoms with Crippen molar-refractivity contribution >= 4 is 29.3 Å². The van der Waals surface area contributed by atoms with Crippen LogP contribution in [0.25, 0.3) is 0 Å². The molecule has 10 heteroatoms. The van der Waals surface area contributed by atoms with Crippen LogP contribution in [0.4, 0.5) is 5.69 Å². The monoisotopic (exact) mass is 451 g/mol. The molecule has 2 aromatic carbocycles. The Hall–Kier alpha value is -3.24. The van der Waals surface area contributed by atoms with Crippen molar-refractivity contribution in [1.82, 2.24) is 30.4 Å². The van der Waals surface area contributed by atoms with Crippen LogP contribution < -0.4 is 10.6 Å². The highest BCUT2D eigenvalue weighted by Crippen LogP contribution is 2.16. The molecule has 0 saturated carbocycles. The normalized spacial score (nSPS) is 16.1. The number of nitrogens with zero attached hydrogens (tertiary/aromatic N) is 5. The minimum atomic E-state index is -0.167. The highest BCUT2D eigenvalue weighted by molar-refractivity contribution is 7.99. The molecule has 0 aliphatic carbocycles. The molecule has 2 amide bonds. The number of amides is 2. The lowest BCUT2D eigenvalue weighted by Gasteiger charge is -2.17. The van der Waals surface area contributed by atoms with Crippen LogP contribution in [0, 0.1) is 0 Å². The predicted molar refractivity (Wildman–Crippen MR) is 122 cm³/mol. The standard InChI is InChI=1S/C22H25N7O2S/c1-28-22(25-26-27-28)32-15-20(30)23-18-9-7-17(8-10-18)21(31)24-19-11-12-29(14-19)13-16-5-3-2-4-6-16/h2-10,19H,11-15H2,1H3,(H,23,30)(H,24,31)/t19-/m0/s1. The van der Waals surface area contributed by atoms with Gasteiger partial charge in [-0.2, -0.15) is 0 Å². The van der Waals surface area contributed by atoms with Crippen molar-refractivity contribution in [2.75, 3.05) is 24.2 Å². The molecule has 1 atom stereocenters. The summed E-state index contributed by atoms with van der Waals surface area (Å²) < 4.78 is 1.51. The van der Waals surface area contributed by atoms with E-state index in [-0.39, 0.29) is 23.6 Å². The van der Waals surface area contributed by atoms with E-state index in [0.29, 0.717) is 16.4 Å². The molecule has 0 spiro atoms. The summed E-state index contributed by atoms with van der Waals surface area (Å²) in [7, 11) is 1.72. The van der Waals surface area contributed by atoms with Crippen molar-refractivity contribution in [3.63, 3.8) is 0 Å². The van der Waals surface area contributed by atoms with Crippen LogP contribution in [0.1, 0.15) is 22.3 Å². The van der Waals surface area contributed by atoms with Gasteiger partial charge < -0.3 is 10.6 Å². The number of nitrogens with one attached hydrogen (secondary N) is 2. The Labute approximate surface area is 190 Å². The van der Waals surface area contributed by atoms with E-state index >= 15 is 0 Å². The molecule has 1 aromatic heterocycles. The largest absolute Gasteiger partial charge is 0.348 e. The maximum atomic E-state index is 12.6. The smallest absolute Gasteiger partial charge is 0.251 e. The van der Waals surface area contributed by atoms with Gasteiger partial charge in [-0.3, -0.25) is 14.5 Å². The van der Waals surface area contributed by atoms with E-state index in [0.717, 1.165) is 26.1 Å². The first-order valence-corrected chi connectivity index (χ1v) is 11.4. The molecular weight excluding hydrogens is 426 g/mol. The molecule has 1 saturated heterocycles. The first-order valence-electron chi connectivity index (χ1n) is 10.4. The maximum absolute atomic E-state index is 12.6. The van der Waals surface area contributed by atoms with Crippen LogP contribution in [0.15, 0.2) is 59.8 Å². The molecule has 0 unspecified atom stereocenters. The Morgan fingerprint density at radius 2 is 1.91 bits per heavy atom. The minimum absolute atomic E-state index is 0.0974. The number of thioether (sulfide) groups is 1. The van der Waals surface area contributed by atoms with Crippen molar-refractivity contribution < 1.29 is 9.59 Å². The lowest BCUT2D eigenvalue weighted by Crippen LogP contribution is -2.37. The lowest BCUT2D eigenvalue weighted by molar-refractivity contribution is -0.113. The summed E-state index contributed by atoms with van der Waals surface area (Å²) in [6.45, 7) is 2.70. The third kappa shape index (κ3) is 5.92. The number of aryl methyl sites for hydroxylation is 1. The summed E-state index contributed by atoms with van der Waals surface area (Å²) in [4.78, 5) is 27.1. The Morgan fingerprint density at radius 1 is 1.12 bits per heavy atom. The molecule has 1 aliphatic rings. The molecule has 166 valence electrons. The number of hydrogen-bond acceptors (Lipinski definition) is 7. The molecule has 2 heterocycles. The van der Waals surface area contributed by atoms with E-state index < -0.39 is 0 Å². The van der Waals surface area contributed by atoms with E-state index in [1.54, 1.807) is 31.3 Å². The molecule has 0 radical (unpaired) electrons. The minimum Gasteiger partial charge on any atom is -0.348 e. The molecule has 9 nitrogen and oxygen atoms in total. The van der Waals surface area contributed by atoms with E-state index in [2.05, 4.69) is 43.2 Å². The summed E-state index contributed by atoms with van der Waals surface area (Å²) in [5.74, 6) is -0.0723. The number of aromatic nitrogens is 4. The molecule has 0 bridgehead atoms. The third-order valence-corrected chi connectivity index (χ3v) is 6.21. The molecule has 2 N–H and O–H groups in total. The lowest BCUT2D eigenvalue weighted by atomic mass is 10.1. The number of carbonyl (C=O) groups excluding carboxylic acids is 2. The first kappa shape index (κ1) is 22.0. The summed E-state index contributed by atoms with van der Waals surface area (Å²) >= 11 is 1.25. The number of carbonyl (C=O) groups is 2. The number of likely N-dealkylation sites (tertiary alicyclic amines) is 1. The second-order valence-electron chi connectivity index (χ2n) is 7.68. The maximum Gasteiger partial charge on any atom is 0.251 e. The Kier molecular flexibility index (Phi) is 7.13. The topological polar surface area (TPSA) is 105 Å². The van der Waals surface area contributed by atoms with Gasteiger partial charge in [0.1, 0.15) is 0 Å². The summed E-state index contributed by atoms with van der Waals surface area (Å²) in [6.07, 6.45) is 0.936. The van der Waals surface area contributed by atoms with E-state index in [4.69, 9.17) is 0 Å². The fraction of sp³-hybridized carbons (Fsp3) is 0.318. The van der Waals surface area contributed by atoms with Gasteiger partial charge in [-0.1, -0.05) is 42.1 Å². The molecule has 4 rings (SSSR count). The fourth-order valence-electron chi connectivity index (χ4n) is 3.58. The molecular formula is C22H25N7O2S. The summed E-state index contributed by atoms with van der Waals surface area (Å²) in [6, 6.07) is 17.4. The fourth-order valence-corrected chi connectivity index (χ4v) is 4.23. The van der Waals surface area contributed by atoms with Crippen molar-refractivity contribution in [2.24, 2.45) is 7.05 Å². The summed E-state index contributed by atoms with van der Waals surface area (Å²) in [5.41, 5.74) is 2.49. The van der Waals surface area contributed by atoms with Crippen molar-refractivity contribution in [1.29, 1.82) is 0 Å². The number of hydrogen-bond donors (Lipinski definition) is 2. The molecule has 3 aromatic rings. The van der Waals surface area contributed by atoms with Gasteiger partial charge >= 0.3 is 0 Å². The van der Waals surface area contributed by atoms with Gasteiger partial charge in [-0.25, -0.2) is 4.68 Å². The second-order valence-corrected chi connectivity index (χ2v) is 8.62. The van der Waals surface area contributed by atoms with Gasteiger partial charge in [0, 0.05) is 44.0 Å². The highest BCUT2D eigenvalue weighted by Gasteiger charge is 2.24. The van der Waals surface area contributed by atoms with E-state index in [1.807, 2.05) is 18.2 Å². The van der Waals surface area contributed by atoms with Crippen LogP contribution in [-0.4, -0.2) is 61.8 Å².